The molecule has 98 valence electrons. The zero-order valence-electron chi connectivity index (χ0n) is 11.6. The number of fused-ring (bicyclic) bond motifs is 1. The maximum Gasteiger partial charge on any atom is 0.137 e. The van der Waals surface area contributed by atoms with Gasteiger partial charge in [0.1, 0.15) is 11.5 Å². The molecular formula is C16H19N3. The molecule has 0 fully saturated rings. The summed E-state index contributed by atoms with van der Waals surface area (Å²) >= 11 is 0. The zero-order valence-corrected chi connectivity index (χ0v) is 11.6. The summed E-state index contributed by atoms with van der Waals surface area (Å²) in [5.41, 5.74) is 3.74. The van der Waals surface area contributed by atoms with Gasteiger partial charge in [0.15, 0.2) is 0 Å². The lowest BCUT2D eigenvalue weighted by molar-refractivity contribution is 0.590. The first kappa shape index (κ1) is 12.0. The number of nitrogens with one attached hydrogen (secondary N) is 1. The topological polar surface area (TPSA) is 31.4 Å². The van der Waals surface area contributed by atoms with Crippen molar-refractivity contribution in [1.82, 2.24) is 4.98 Å². The second-order valence-corrected chi connectivity index (χ2v) is 5.90. The van der Waals surface area contributed by atoms with Crippen LogP contribution in [0, 0.1) is 0 Å². The van der Waals surface area contributed by atoms with Crippen molar-refractivity contribution in [2.24, 2.45) is 4.99 Å². The Labute approximate surface area is 114 Å². The average Bonchev–Trinajstić information content (AvgIpc) is 2.85. The molecule has 1 aromatic heterocycles. The van der Waals surface area contributed by atoms with Crippen LogP contribution >= 0.6 is 0 Å². The molecule has 1 aromatic carbocycles. The molecule has 0 atom stereocenters. The minimum Gasteiger partial charge on any atom is -0.346 e. The van der Waals surface area contributed by atoms with E-state index in [2.05, 4.69) is 59.9 Å². The van der Waals surface area contributed by atoms with Gasteiger partial charge in [0.25, 0.3) is 0 Å². The molecule has 1 N–H and O–H groups in total. The van der Waals surface area contributed by atoms with Crippen molar-refractivity contribution in [3.63, 3.8) is 0 Å². The van der Waals surface area contributed by atoms with E-state index in [4.69, 9.17) is 0 Å². The van der Waals surface area contributed by atoms with Crippen molar-refractivity contribution >= 4 is 23.4 Å². The molecule has 2 heterocycles. The summed E-state index contributed by atoms with van der Waals surface area (Å²) in [6.45, 7) is 7.55. The first-order valence-corrected chi connectivity index (χ1v) is 6.64. The van der Waals surface area contributed by atoms with Gasteiger partial charge in [-0.2, -0.15) is 0 Å². The van der Waals surface area contributed by atoms with Gasteiger partial charge < -0.3 is 9.88 Å². The lowest BCUT2D eigenvalue weighted by Crippen LogP contribution is -2.26. The molecule has 1 aliphatic heterocycles. The molecule has 0 unspecified atom stereocenters. The van der Waals surface area contributed by atoms with Crippen molar-refractivity contribution in [3.8, 4) is 0 Å². The van der Waals surface area contributed by atoms with Crippen LogP contribution in [0.4, 0.5) is 17.2 Å². The van der Waals surface area contributed by atoms with Crippen LogP contribution in [0.15, 0.2) is 41.5 Å². The molecule has 3 nitrogen and oxygen atoms in total. The van der Waals surface area contributed by atoms with E-state index in [1.54, 1.807) is 0 Å². The molecule has 2 aromatic rings. The highest BCUT2D eigenvalue weighted by molar-refractivity contribution is 5.85. The van der Waals surface area contributed by atoms with E-state index in [0.717, 1.165) is 18.1 Å². The van der Waals surface area contributed by atoms with E-state index in [-0.39, 0.29) is 5.41 Å². The van der Waals surface area contributed by atoms with E-state index >= 15 is 0 Å². The van der Waals surface area contributed by atoms with E-state index in [1.807, 2.05) is 18.5 Å². The lowest BCUT2D eigenvalue weighted by atomic mass is 9.85. The minimum absolute atomic E-state index is 0.123. The third-order valence-corrected chi connectivity index (χ3v) is 3.47. The van der Waals surface area contributed by atoms with Crippen molar-refractivity contribution in [1.29, 1.82) is 0 Å². The summed E-state index contributed by atoms with van der Waals surface area (Å²) in [4.78, 5) is 10.0. The van der Waals surface area contributed by atoms with Gasteiger partial charge in [-0.1, -0.05) is 39.0 Å². The number of hydrogen-bond donors (Lipinski definition) is 1. The minimum atomic E-state index is 0.123. The van der Waals surface area contributed by atoms with Crippen LogP contribution < -0.4 is 4.90 Å². The average molecular weight is 253 g/mol. The van der Waals surface area contributed by atoms with Crippen molar-refractivity contribution in [3.05, 3.63) is 42.1 Å². The predicted octanol–water partition coefficient (Wildman–Crippen LogP) is 4.17. The first-order valence-electron chi connectivity index (χ1n) is 6.64. The Morgan fingerprint density at radius 2 is 1.95 bits per heavy atom. The molecule has 0 amide bonds. The smallest absolute Gasteiger partial charge is 0.137 e. The molecule has 0 spiro atoms. The first-order chi connectivity index (χ1) is 9.07. The largest absolute Gasteiger partial charge is 0.346 e. The third-order valence-electron chi connectivity index (χ3n) is 3.47. The molecule has 3 heteroatoms. The highest BCUT2D eigenvalue weighted by atomic mass is 15.2. The highest BCUT2D eigenvalue weighted by Gasteiger charge is 2.24. The molecule has 19 heavy (non-hydrogen) atoms. The second kappa shape index (κ2) is 4.26. The van der Waals surface area contributed by atoms with Crippen LogP contribution in [-0.4, -0.2) is 17.7 Å². The van der Waals surface area contributed by atoms with Crippen molar-refractivity contribution in [2.75, 3.05) is 11.4 Å². The monoisotopic (exact) mass is 253 g/mol. The maximum atomic E-state index is 4.42. The Kier molecular flexibility index (Phi) is 2.70. The number of H-pyrrole nitrogens is 1. The van der Waals surface area contributed by atoms with Gasteiger partial charge in [-0.05, 0) is 23.1 Å². The summed E-state index contributed by atoms with van der Waals surface area (Å²) in [6, 6.07) is 10.6. The van der Waals surface area contributed by atoms with Crippen LogP contribution in [-0.2, 0) is 5.41 Å². The number of aromatic nitrogens is 1. The zero-order chi connectivity index (χ0) is 13.5. The third kappa shape index (κ3) is 2.05. The fraction of sp³-hybridized carbons (Fsp3) is 0.312. The second-order valence-electron chi connectivity index (χ2n) is 5.90. The number of aromatic amines is 1. The molecule has 3 rings (SSSR count). The fourth-order valence-electron chi connectivity index (χ4n) is 2.55. The van der Waals surface area contributed by atoms with Crippen molar-refractivity contribution in [2.45, 2.75) is 26.2 Å². The quantitative estimate of drug-likeness (QED) is 0.812. The molecular weight excluding hydrogens is 234 g/mol. The number of nitrogens with zero attached hydrogens (tertiary/aromatic N) is 2. The standard InChI is InChI=1S/C16H19N3/c1-16(2,3)12-6-4-5-7-14(12)19-11-10-17-13-8-9-18-15(13)19/h4-10,18H,11H2,1-3H3. The molecule has 0 radical (unpaired) electrons. The predicted molar refractivity (Wildman–Crippen MR) is 81.1 cm³/mol. The van der Waals surface area contributed by atoms with Gasteiger partial charge in [0, 0.05) is 18.1 Å². The number of anilines is 2. The summed E-state index contributed by atoms with van der Waals surface area (Å²) < 4.78 is 0. The van der Waals surface area contributed by atoms with Gasteiger partial charge in [-0.15, -0.1) is 0 Å². The van der Waals surface area contributed by atoms with Crippen molar-refractivity contribution < 1.29 is 0 Å². The molecule has 0 bridgehead atoms. The van der Waals surface area contributed by atoms with Crippen LogP contribution in [0.2, 0.25) is 0 Å². The number of para-hydroxylation sites is 1. The summed E-state index contributed by atoms with van der Waals surface area (Å²) in [5, 5.41) is 0. The number of hydrogen-bond acceptors (Lipinski definition) is 2. The maximum absolute atomic E-state index is 4.42. The molecule has 0 saturated carbocycles. The van der Waals surface area contributed by atoms with E-state index in [1.165, 1.54) is 11.3 Å². The molecule has 0 saturated heterocycles. The normalized spacial score (nSPS) is 14.6. The van der Waals surface area contributed by atoms with Gasteiger partial charge in [0.2, 0.25) is 0 Å². The lowest BCUT2D eigenvalue weighted by Gasteiger charge is -2.31. The van der Waals surface area contributed by atoms with Gasteiger partial charge in [0.05, 0.1) is 6.54 Å². The van der Waals surface area contributed by atoms with Gasteiger partial charge in [-0.3, -0.25) is 4.99 Å². The Morgan fingerprint density at radius 1 is 1.16 bits per heavy atom. The Hall–Kier alpha value is -2.03. The SMILES string of the molecule is CC(C)(C)c1ccccc1N1CC=Nc2cc[nH]c21. The van der Waals surface area contributed by atoms with E-state index in [0.29, 0.717) is 0 Å². The van der Waals surface area contributed by atoms with Crippen LogP contribution in [0.25, 0.3) is 0 Å². The summed E-state index contributed by atoms with van der Waals surface area (Å²) in [5.74, 6) is 1.08. The van der Waals surface area contributed by atoms with Crippen LogP contribution in [0.1, 0.15) is 26.3 Å². The Bertz CT molecular complexity index is 617. The Balaban J connectivity index is 2.12. The molecule has 0 aliphatic carbocycles. The van der Waals surface area contributed by atoms with Gasteiger partial charge >= 0.3 is 0 Å². The Morgan fingerprint density at radius 3 is 2.74 bits per heavy atom. The van der Waals surface area contributed by atoms with Crippen LogP contribution in [0.5, 0.6) is 0 Å². The number of rotatable bonds is 1. The van der Waals surface area contributed by atoms with E-state index in [9.17, 15) is 0 Å². The molecule has 1 aliphatic rings. The van der Waals surface area contributed by atoms with Gasteiger partial charge in [-0.25, -0.2) is 0 Å². The number of aliphatic imine (C=N–C) groups is 1. The highest BCUT2D eigenvalue weighted by Crippen LogP contribution is 2.39. The summed E-state index contributed by atoms with van der Waals surface area (Å²) in [6.07, 6.45) is 3.91. The fourth-order valence-corrected chi connectivity index (χ4v) is 2.55. The van der Waals surface area contributed by atoms with Crippen LogP contribution in [0.3, 0.4) is 0 Å². The summed E-state index contributed by atoms with van der Waals surface area (Å²) in [7, 11) is 0. The number of benzene rings is 1. The van der Waals surface area contributed by atoms with E-state index < -0.39 is 0 Å².